The lowest BCUT2D eigenvalue weighted by atomic mass is 9.87. The predicted molar refractivity (Wildman–Crippen MR) is 193 cm³/mol. The van der Waals surface area contributed by atoms with Crippen molar-refractivity contribution in [3.63, 3.8) is 0 Å². The third-order valence-electron chi connectivity index (χ3n) is 8.92. The average molecular weight is 690 g/mol. The number of ether oxygens (including phenoxy) is 1. The van der Waals surface area contributed by atoms with Gasteiger partial charge in [0, 0.05) is 60.5 Å². The number of halogens is 1. The van der Waals surface area contributed by atoms with Gasteiger partial charge in [0.25, 0.3) is 11.8 Å². The van der Waals surface area contributed by atoms with Gasteiger partial charge in [0.2, 0.25) is 0 Å². The van der Waals surface area contributed by atoms with E-state index in [2.05, 4.69) is 0 Å². The minimum absolute atomic E-state index is 0.0642. The monoisotopic (exact) mass is 689 g/mol. The zero-order valence-electron chi connectivity index (χ0n) is 28.5. The van der Waals surface area contributed by atoms with Crippen molar-refractivity contribution in [3.05, 3.63) is 87.8 Å². The summed E-state index contributed by atoms with van der Waals surface area (Å²) in [5.41, 5.74) is 3.15. The minimum atomic E-state index is -0.904. The Bertz CT molecular complexity index is 1790. The minimum Gasteiger partial charge on any atom is -0.496 e. The number of nitrogens with zero attached hydrogens (tertiary/aromatic N) is 3. The van der Waals surface area contributed by atoms with E-state index in [-0.39, 0.29) is 35.9 Å². The van der Waals surface area contributed by atoms with Gasteiger partial charge in [-0.2, -0.15) is 0 Å². The molecular formula is C38H44ClN3O5S. The number of fused-ring (bicyclic) bond motifs is 1. The SMILES string of the molecule is COc1ccc(-c2ccc(C(=O)N(C)C)cc2)cc1CN(C(=O)c1sc2ccccc2c1Cl)C1CCC(N(CC(C)(C)C)C(=O)O)CC1. The first-order valence-corrected chi connectivity index (χ1v) is 17.4. The number of carbonyl (C=O) groups is 3. The van der Waals surface area contributed by atoms with Crippen LogP contribution < -0.4 is 4.74 Å². The molecule has 0 atom stereocenters. The summed E-state index contributed by atoms with van der Waals surface area (Å²) in [6.45, 7) is 6.87. The van der Waals surface area contributed by atoms with E-state index in [0.29, 0.717) is 53.4 Å². The van der Waals surface area contributed by atoms with Crippen LogP contribution in [0, 0.1) is 5.41 Å². The van der Waals surface area contributed by atoms with E-state index in [1.165, 1.54) is 11.3 Å². The summed E-state index contributed by atoms with van der Waals surface area (Å²) in [5.74, 6) is 0.452. The maximum absolute atomic E-state index is 14.5. The third kappa shape index (κ3) is 7.79. The first-order valence-electron chi connectivity index (χ1n) is 16.2. The van der Waals surface area contributed by atoms with Gasteiger partial charge in [0.15, 0.2) is 0 Å². The van der Waals surface area contributed by atoms with Crippen LogP contribution in [-0.2, 0) is 6.54 Å². The molecule has 3 aromatic carbocycles. The van der Waals surface area contributed by atoms with Crippen LogP contribution in [0.5, 0.6) is 5.75 Å². The molecule has 0 radical (unpaired) electrons. The normalized spacial score (nSPS) is 16.4. The van der Waals surface area contributed by atoms with E-state index in [1.807, 2.05) is 92.4 Å². The maximum Gasteiger partial charge on any atom is 0.407 e. The quantitative estimate of drug-likeness (QED) is 0.190. The second-order valence-electron chi connectivity index (χ2n) is 13.9. The molecule has 1 fully saturated rings. The molecule has 1 aliphatic rings. The van der Waals surface area contributed by atoms with Crippen molar-refractivity contribution >= 4 is 50.9 Å². The highest BCUT2D eigenvalue weighted by molar-refractivity contribution is 7.21. The smallest absolute Gasteiger partial charge is 0.407 e. The topological polar surface area (TPSA) is 90.4 Å². The molecule has 1 aliphatic carbocycles. The molecule has 0 aliphatic heterocycles. The molecular weight excluding hydrogens is 646 g/mol. The van der Waals surface area contributed by atoms with Crippen LogP contribution >= 0.6 is 22.9 Å². The van der Waals surface area contributed by atoms with Crippen molar-refractivity contribution in [3.8, 4) is 16.9 Å². The van der Waals surface area contributed by atoms with E-state index >= 15 is 0 Å². The zero-order chi connectivity index (χ0) is 34.7. The number of carboxylic acid groups (broad SMARTS) is 1. The first kappa shape index (κ1) is 35.2. The second kappa shape index (κ2) is 14.6. The van der Waals surface area contributed by atoms with Gasteiger partial charge >= 0.3 is 6.09 Å². The molecule has 0 saturated heterocycles. The highest BCUT2D eigenvalue weighted by atomic mass is 35.5. The Balaban J connectivity index is 1.48. The number of carbonyl (C=O) groups excluding carboxylic acids is 2. The standard InChI is InChI=1S/C38H44ClN3O5S/c1-38(2,3)23-42(37(45)46)29-18-16-28(17-19-29)41(36(44)34-33(39)30-9-7-8-10-32(30)48-34)22-27-21-26(15-20-31(27)47-6)24-11-13-25(14-12-24)35(43)40(4)5/h7-15,20-21,28-29H,16-19,22-23H2,1-6H3,(H,45,46). The Morgan fingerprint density at radius 1 is 0.875 bits per heavy atom. The fraction of sp³-hybridized carbons (Fsp3) is 0.395. The van der Waals surface area contributed by atoms with Gasteiger partial charge in [-0.25, -0.2) is 4.79 Å². The molecule has 1 heterocycles. The summed E-state index contributed by atoms with van der Waals surface area (Å²) >= 11 is 8.25. The lowest BCUT2D eigenvalue weighted by molar-refractivity contribution is 0.0492. The lowest BCUT2D eigenvalue weighted by Gasteiger charge is -2.41. The van der Waals surface area contributed by atoms with Crippen molar-refractivity contribution < 1.29 is 24.2 Å². The molecule has 1 aromatic heterocycles. The molecule has 254 valence electrons. The van der Waals surface area contributed by atoms with E-state index in [9.17, 15) is 19.5 Å². The summed E-state index contributed by atoms with van der Waals surface area (Å²) in [7, 11) is 5.08. The number of methoxy groups -OCH3 is 1. The largest absolute Gasteiger partial charge is 0.496 e. The molecule has 5 rings (SSSR count). The number of hydrogen-bond acceptors (Lipinski definition) is 5. The summed E-state index contributed by atoms with van der Waals surface area (Å²) in [6.07, 6.45) is 1.74. The van der Waals surface area contributed by atoms with Crippen molar-refractivity contribution in [2.45, 2.75) is 65.1 Å². The molecule has 0 bridgehead atoms. The zero-order valence-corrected chi connectivity index (χ0v) is 30.0. The summed E-state index contributed by atoms with van der Waals surface area (Å²) in [5, 5.41) is 11.4. The van der Waals surface area contributed by atoms with Gasteiger partial charge in [0.1, 0.15) is 10.6 Å². The second-order valence-corrected chi connectivity index (χ2v) is 15.3. The van der Waals surface area contributed by atoms with E-state index in [4.69, 9.17) is 16.3 Å². The molecule has 0 spiro atoms. The summed E-state index contributed by atoms with van der Waals surface area (Å²) in [6, 6.07) is 20.9. The third-order valence-corrected chi connectivity index (χ3v) is 10.6. The Morgan fingerprint density at radius 3 is 2.04 bits per heavy atom. The molecule has 4 aromatic rings. The highest BCUT2D eigenvalue weighted by Gasteiger charge is 2.36. The predicted octanol–water partition coefficient (Wildman–Crippen LogP) is 8.91. The summed E-state index contributed by atoms with van der Waals surface area (Å²) in [4.78, 5) is 44.8. The first-order chi connectivity index (χ1) is 22.8. The highest BCUT2D eigenvalue weighted by Crippen LogP contribution is 2.39. The van der Waals surface area contributed by atoms with E-state index in [1.54, 1.807) is 31.0 Å². The van der Waals surface area contributed by atoms with Crippen LogP contribution in [0.15, 0.2) is 66.7 Å². The van der Waals surface area contributed by atoms with Crippen LogP contribution in [0.4, 0.5) is 4.79 Å². The number of thiophene rings is 1. The van der Waals surface area contributed by atoms with Gasteiger partial charge in [-0.05, 0) is 72.6 Å². The van der Waals surface area contributed by atoms with E-state index < -0.39 is 6.09 Å². The Labute approximate surface area is 291 Å². The van der Waals surface area contributed by atoms with Crippen molar-refractivity contribution in [2.24, 2.45) is 5.41 Å². The molecule has 1 saturated carbocycles. The Hall–Kier alpha value is -4.08. The van der Waals surface area contributed by atoms with Crippen LogP contribution in [0.2, 0.25) is 5.02 Å². The van der Waals surface area contributed by atoms with Gasteiger partial charge in [0.05, 0.1) is 12.1 Å². The molecule has 0 unspecified atom stereocenters. The van der Waals surface area contributed by atoms with Gasteiger partial charge in [-0.3, -0.25) is 9.59 Å². The number of benzene rings is 3. The van der Waals surface area contributed by atoms with E-state index in [0.717, 1.165) is 26.8 Å². The van der Waals surface area contributed by atoms with Gasteiger partial charge < -0.3 is 24.5 Å². The van der Waals surface area contributed by atoms with Crippen LogP contribution in [0.25, 0.3) is 21.2 Å². The number of rotatable bonds is 9. The van der Waals surface area contributed by atoms with Gasteiger partial charge in [-0.1, -0.05) is 68.8 Å². The molecule has 1 N–H and O–H groups in total. The van der Waals surface area contributed by atoms with Crippen molar-refractivity contribution in [1.82, 2.24) is 14.7 Å². The number of hydrogen-bond donors (Lipinski definition) is 1. The Morgan fingerprint density at radius 2 is 1.48 bits per heavy atom. The van der Waals surface area contributed by atoms with Crippen LogP contribution in [0.1, 0.15) is 72.0 Å². The maximum atomic E-state index is 14.5. The van der Waals surface area contributed by atoms with Crippen molar-refractivity contribution in [1.29, 1.82) is 0 Å². The van der Waals surface area contributed by atoms with Crippen molar-refractivity contribution in [2.75, 3.05) is 27.7 Å². The molecule has 10 heteroatoms. The molecule has 3 amide bonds. The van der Waals surface area contributed by atoms with Crippen LogP contribution in [0.3, 0.4) is 0 Å². The average Bonchev–Trinajstić information content (AvgIpc) is 3.41. The van der Waals surface area contributed by atoms with Gasteiger partial charge in [-0.15, -0.1) is 11.3 Å². The molecule has 48 heavy (non-hydrogen) atoms. The van der Waals surface area contributed by atoms with Crippen LogP contribution in [-0.4, -0.2) is 77.5 Å². The molecule has 8 nitrogen and oxygen atoms in total. The lowest BCUT2D eigenvalue weighted by Crippen LogP contribution is -2.49. The number of amides is 3. The fourth-order valence-corrected chi connectivity index (χ4v) is 7.99. The fourth-order valence-electron chi connectivity index (χ4n) is 6.52. The Kier molecular flexibility index (Phi) is 10.7. The summed E-state index contributed by atoms with van der Waals surface area (Å²) < 4.78 is 6.74.